The van der Waals surface area contributed by atoms with Gasteiger partial charge in [-0.3, -0.25) is 9.80 Å². The Bertz CT molecular complexity index is 246. The van der Waals surface area contributed by atoms with Gasteiger partial charge < -0.3 is 5.11 Å². The minimum atomic E-state index is -1.15. The average Bonchev–Trinajstić information content (AvgIpc) is 2.07. The molecule has 1 rings (SSSR count). The largest absolute Gasteiger partial charge is 0.479 e. The normalized spacial score (nSPS) is 23.8. The van der Waals surface area contributed by atoms with E-state index < -0.39 is 17.8 Å². The van der Waals surface area contributed by atoms with Gasteiger partial charge in [0.25, 0.3) is 0 Å². The molecule has 60 valence electrons. The summed E-state index contributed by atoms with van der Waals surface area (Å²) < 4.78 is 0. The Balaban J connectivity index is 2.89. The van der Waals surface area contributed by atoms with Gasteiger partial charge >= 0.3 is 5.97 Å². The molecule has 0 radical (unpaired) electrons. The van der Waals surface area contributed by atoms with Gasteiger partial charge in [-0.2, -0.15) is 5.10 Å². The summed E-state index contributed by atoms with van der Waals surface area (Å²) >= 11 is 0. The van der Waals surface area contributed by atoms with Gasteiger partial charge in [0.1, 0.15) is 5.71 Å². The maximum atomic E-state index is 11.0. The van der Waals surface area contributed by atoms with Crippen LogP contribution in [0.2, 0.25) is 0 Å². The van der Waals surface area contributed by atoms with Crippen molar-refractivity contribution in [1.82, 2.24) is 5.01 Å². The summed E-state index contributed by atoms with van der Waals surface area (Å²) in [6, 6.07) is -1.12. The maximum Gasteiger partial charge on any atom is 0.336 e. The molecule has 1 heterocycles. The van der Waals surface area contributed by atoms with Crippen LogP contribution in [0.15, 0.2) is 5.10 Å². The molecule has 0 aromatic carbocycles. The van der Waals surface area contributed by atoms with Gasteiger partial charge in [-0.25, -0.2) is 4.79 Å². The van der Waals surface area contributed by atoms with Gasteiger partial charge in [-0.15, -0.1) is 0 Å². The summed E-state index contributed by atoms with van der Waals surface area (Å²) in [6.45, 7) is 1.50. The van der Waals surface area contributed by atoms with Crippen LogP contribution in [0.25, 0.3) is 0 Å². The summed E-state index contributed by atoms with van der Waals surface area (Å²) in [6.07, 6.45) is 0. The molecule has 1 aliphatic heterocycles. The van der Waals surface area contributed by atoms with E-state index in [1.54, 1.807) is 0 Å². The first-order chi connectivity index (χ1) is 5.04. The zero-order valence-corrected chi connectivity index (χ0v) is 6.24. The van der Waals surface area contributed by atoms with Crippen LogP contribution in [-0.2, 0) is 9.59 Å². The van der Waals surface area contributed by atoms with Crippen LogP contribution >= 0.6 is 0 Å². The lowest BCUT2D eigenvalue weighted by molar-refractivity contribution is -0.144. The molecule has 0 aromatic heterocycles. The lowest BCUT2D eigenvalue weighted by Crippen LogP contribution is -2.38. The molecule has 1 aliphatic rings. The summed E-state index contributed by atoms with van der Waals surface area (Å²) in [5.41, 5.74) is 0.250. The number of nitrogens with zero attached hydrogens (tertiary/aromatic N) is 2. The third-order valence-electron chi connectivity index (χ3n) is 1.52. The Hall–Kier alpha value is -1.39. The van der Waals surface area contributed by atoms with Gasteiger partial charge in [0.15, 0.2) is 0 Å². The fourth-order valence-electron chi connectivity index (χ4n) is 0.983. The minimum Gasteiger partial charge on any atom is -0.479 e. The first kappa shape index (κ1) is 7.71. The molecule has 1 unspecified atom stereocenters. The highest BCUT2D eigenvalue weighted by molar-refractivity contribution is 6.45. The lowest BCUT2D eigenvalue weighted by Gasteiger charge is -2.11. The number of likely N-dealkylation sites (N-methyl/N-ethyl adjacent to an activating group) is 1. The van der Waals surface area contributed by atoms with Gasteiger partial charge in [0.2, 0.25) is 11.8 Å². The Kier molecular flexibility index (Phi) is 1.64. The van der Waals surface area contributed by atoms with E-state index in [1.165, 1.54) is 14.0 Å². The highest BCUT2D eigenvalue weighted by Crippen LogP contribution is 2.08. The van der Waals surface area contributed by atoms with E-state index in [0.29, 0.717) is 0 Å². The molecule has 11 heavy (non-hydrogen) atoms. The van der Waals surface area contributed by atoms with Crippen LogP contribution in [0.4, 0.5) is 0 Å². The molecule has 0 aliphatic carbocycles. The van der Waals surface area contributed by atoms with Crippen molar-refractivity contribution in [2.24, 2.45) is 5.10 Å². The smallest absolute Gasteiger partial charge is 0.336 e. The molecule has 0 spiro atoms. The van der Waals surface area contributed by atoms with Crippen LogP contribution in [0, 0.1) is 0 Å². The molecule has 0 bridgehead atoms. The van der Waals surface area contributed by atoms with E-state index in [9.17, 15) is 9.59 Å². The van der Waals surface area contributed by atoms with Crippen LogP contribution < -0.4 is 0 Å². The molecule has 5 nitrogen and oxygen atoms in total. The van der Waals surface area contributed by atoms with Crippen molar-refractivity contribution in [2.45, 2.75) is 13.0 Å². The molecular weight excluding hydrogens is 148 g/mol. The fourth-order valence-corrected chi connectivity index (χ4v) is 0.983. The number of hydrogen-bond acceptors (Lipinski definition) is 4. The average molecular weight is 156 g/mol. The van der Waals surface area contributed by atoms with Crippen LogP contribution in [0.3, 0.4) is 0 Å². The quantitative estimate of drug-likeness (QED) is 0.511. The molecule has 0 saturated heterocycles. The summed E-state index contributed by atoms with van der Waals surface area (Å²) in [4.78, 5) is 21.4. The predicted molar refractivity (Wildman–Crippen MR) is 37.3 cm³/mol. The second-order valence-electron chi connectivity index (χ2n) is 2.36. The van der Waals surface area contributed by atoms with Crippen molar-refractivity contribution >= 4 is 17.5 Å². The number of carbonyl (C=O) groups excluding carboxylic acids is 1. The van der Waals surface area contributed by atoms with E-state index in [0.717, 1.165) is 5.01 Å². The number of ketones is 1. The number of rotatable bonds is 1. The van der Waals surface area contributed by atoms with E-state index in [4.69, 9.17) is 5.11 Å². The number of carboxylic acid groups (broad SMARTS) is 1. The number of aliphatic carboxylic acids is 1. The highest BCUT2D eigenvalue weighted by atomic mass is 16.4. The van der Waals surface area contributed by atoms with Gasteiger partial charge in [-0.05, 0) is 6.92 Å². The van der Waals surface area contributed by atoms with Gasteiger partial charge in [0.05, 0.1) is 0 Å². The number of Topliss-reactive ketones (excluding diaryl/α,β-unsaturated/α-hetero) is 1. The van der Waals surface area contributed by atoms with Crippen LogP contribution in [-0.4, -0.2) is 40.7 Å². The number of carboxylic acids is 1. The second-order valence-corrected chi connectivity index (χ2v) is 2.36. The summed E-state index contributed by atoms with van der Waals surface area (Å²) in [7, 11) is 1.47. The lowest BCUT2D eigenvalue weighted by atomic mass is 10.1. The van der Waals surface area contributed by atoms with Crippen molar-refractivity contribution in [1.29, 1.82) is 0 Å². The van der Waals surface area contributed by atoms with E-state index >= 15 is 0 Å². The molecular formula is C6H8N2O3. The number of hydrazone groups is 1. The molecule has 0 amide bonds. The van der Waals surface area contributed by atoms with Crippen LogP contribution in [0.1, 0.15) is 6.92 Å². The van der Waals surface area contributed by atoms with Crippen molar-refractivity contribution < 1.29 is 14.7 Å². The Morgan fingerprint density at radius 2 is 2.27 bits per heavy atom. The predicted octanol–water partition coefficient (Wildman–Crippen LogP) is -0.670. The first-order valence-corrected chi connectivity index (χ1v) is 3.09. The zero-order valence-electron chi connectivity index (χ0n) is 6.24. The highest BCUT2D eigenvalue weighted by Gasteiger charge is 2.36. The topological polar surface area (TPSA) is 70.0 Å². The van der Waals surface area contributed by atoms with Crippen molar-refractivity contribution in [2.75, 3.05) is 7.05 Å². The molecule has 0 saturated carbocycles. The van der Waals surface area contributed by atoms with E-state index in [-0.39, 0.29) is 5.71 Å². The standard InChI is InChI=1S/C6H8N2O3/c1-3-5(9)4(6(10)11)8(2)7-3/h4H,1-2H3,(H,10,11). The van der Waals surface area contributed by atoms with Crippen molar-refractivity contribution in [3.63, 3.8) is 0 Å². The number of hydrogen-bond donors (Lipinski definition) is 1. The monoisotopic (exact) mass is 156 g/mol. The van der Waals surface area contributed by atoms with E-state index in [1.807, 2.05) is 0 Å². The minimum absolute atomic E-state index is 0.250. The van der Waals surface area contributed by atoms with Crippen molar-refractivity contribution in [3.8, 4) is 0 Å². The third kappa shape index (κ3) is 1.09. The zero-order chi connectivity index (χ0) is 8.59. The summed E-state index contributed by atoms with van der Waals surface area (Å²) in [5.74, 6) is -1.59. The fraction of sp³-hybridized carbons (Fsp3) is 0.500. The Labute approximate surface area is 63.3 Å². The Morgan fingerprint density at radius 3 is 2.45 bits per heavy atom. The molecule has 1 atom stereocenters. The first-order valence-electron chi connectivity index (χ1n) is 3.09. The van der Waals surface area contributed by atoms with Gasteiger partial charge in [-0.1, -0.05) is 0 Å². The van der Waals surface area contributed by atoms with E-state index in [2.05, 4.69) is 5.10 Å². The van der Waals surface area contributed by atoms with Crippen LogP contribution in [0.5, 0.6) is 0 Å². The Morgan fingerprint density at radius 1 is 1.73 bits per heavy atom. The summed E-state index contributed by atoms with van der Waals surface area (Å²) in [5, 5.41) is 13.4. The number of carbonyl (C=O) groups is 2. The molecule has 0 aromatic rings. The molecule has 0 fully saturated rings. The van der Waals surface area contributed by atoms with Gasteiger partial charge in [0, 0.05) is 7.05 Å². The maximum absolute atomic E-state index is 11.0. The van der Waals surface area contributed by atoms with Crippen molar-refractivity contribution in [3.05, 3.63) is 0 Å². The molecule has 1 N–H and O–H groups in total. The second kappa shape index (κ2) is 2.34. The molecule has 5 heteroatoms. The third-order valence-corrected chi connectivity index (χ3v) is 1.52. The SMILES string of the molecule is CC1=NN(C)C(C(=O)O)C1=O.